The standard InChI is InChI=1S/C7H13N3O.ClH/c1-5(2)7-9-6(4-8-3)10-11-7;/h5,8H,4H2,1-3H3;1H. The van der Waals surface area contributed by atoms with Gasteiger partial charge in [-0.1, -0.05) is 19.0 Å². The van der Waals surface area contributed by atoms with Gasteiger partial charge in [0.15, 0.2) is 5.82 Å². The minimum atomic E-state index is 0. The number of nitrogens with zero attached hydrogens (tertiary/aromatic N) is 2. The van der Waals surface area contributed by atoms with Crippen LogP contribution >= 0.6 is 12.4 Å². The molecule has 5 heteroatoms. The lowest BCUT2D eigenvalue weighted by Gasteiger charge is -1.92. The van der Waals surface area contributed by atoms with Gasteiger partial charge in [-0.3, -0.25) is 0 Å². The molecule has 1 aromatic heterocycles. The van der Waals surface area contributed by atoms with Crippen LogP contribution in [0.25, 0.3) is 0 Å². The maximum absolute atomic E-state index is 4.98. The van der Waals surface area contributed by atoms with Gasteiger partial charge in [0.25, 0.3) is 0 Å². The van der Waals surface area contributed by atoms with Crippen molar-refractivity contribution in [2.75, 3.05) is 7.05 Å². The number of hydrogen-bond donors (Lipinski definition) is 1. The second-order valence-corrected chi connectivity index (χ2v) is 2.73. The molecule has 0 spiro atoms. The minimum absolute atomic E-state index is 0. The monoisotopic (exact) mass is 191 g/mol. The number of rotatable bonds is 3. The van der Waals surface area contributed by atoms with Crippen molar-refractivity contribution in [1.82, 2.24) is 15.5 Å². The molecule has 0 aliphatic heterocycles. The highest BCUT2D eigenvalue weighted by Gasteiger charge is 2.07. The lowest BCUT2D eigenvalue weighted by atomic mass is 10.2. The Labute approximate surface area is 78.1 Å². The van der Waals surface area contributed by atoms with Crippen LogP contribution in [0.1, 0.15) is 31.5 Å². The van der Waals surface area contributed by atoms with Crippen molar-refractivity contribution in [3.8, 4) is 0 Å². The summed E-state index contributed by atoms with van der Waals surface area (Å²) < 4.78 is 4.98. The summed E-state index contributed by atoms with van der Waals surface area (Å²) in [5.41, 5.74) is 0. The van der Waals surface area contributed by atoms with Crippen molar-refractivity contribution in [2.24, 2.45) is 0 Å². The van der Waals surface area contributed by atoms with Crippen LogP contribution < -0.4 is 5.32 Å². The largest absolute Gasteiger partial charge is 0.339 e. The molecule has 0 radical (unpaired) electrons. The second-order valence-electron chi connectivity index (χ2n) is 2.73. The molecule has 1 heterocycles. The number of nitrogens with one attached hydrogen (secondary N) is 1. The molecule has 1 N–H and O–H groups in total. The smallest absolute Gasteiger partial charge is 0.229 e. The third kappa shape index (κ3) is 2.79. The molecule has 0 unspecified atom stereocenters. The molecule has 0 saturated carbocycles. The molecule has 0 saturated heterocycles. The average Bonchev–Trinajstić information content (AvgIpc) is 2.37. The number of hydrogen-bond acceptors (Lipinski definition) is 4. The summed E-state index contributed by atoms with van der Waals surface area (Å²) >= 11 is 0. The van der Waals surface area contributed by atoms with Crippen LogP contribution in [0, 0.1) is 0 Å². The van der Waals surface area contributed by atoms with E-state index in [0.717, 1.165) is 5.82 Å². The van der Waals surface area contributed by atoms with E-state index >= 15 is 0 Å². The quantitative estimate of drug-likeness (QED) is 0.784. The predicted molar refractivity (Wildman–Crippen MR) is 48.4 cm³/mol. The minimum Gasteiger partial charge on any atom is -0.339 e. The highest BCUT2D eigenvalue weighted by molar-refractivity contribution is 5.85. The molecule has 0 fully saturated rings. The van der Waals surface area contributed by atoms with E-state index in [1.807, 2.05) is 20.9 Å². The van der Waals surface area contributed by atoms with Gasteiger partial charge in [0.1, 0.15) is 0 Å². The first-order valence-corrected chi connectivity index (χ1v) is 3.71. The fraction of sp³-hybridized carbons (Fsp3) is 0.714. The van der Waals surface area contributed by atoms with Gasteiger partial charge in [-0.05, 0) is 7.05 Å². The second kappa shape index (κ2) is 5.11. The fourth-order valence-corrected chi connectivity index (χ4v) is 0.732. The lowest BCUT2D eigenvalue weighted by Crippen LogP contribution is -2.06. The third-order valence-electron chi connectivity index (χ3n) is 1.31. The lowest BCUT2D eigenvalue weighted by molar-refractivity contribution is 0.360. The first-order chi connectivity index (χ1) is 5.24. The topological polar surface area (TPSA) is 51.0 Å². The van der Waals surface area contributed by atoms with Crippen LogP contribution in [0.3, 0.4) is 0 Å². The van der Waals surface area contributed by atoms with Gasteiger partial charge in [-0.2, -0.15) is 4.98 Å². The van der Waals surface area contributed by atoms with E-state index in [-0.39, 0.29) is 12.4 Å². The Hall–Kier alpha value is -0.610. The van der Waals surface area contributed by atoms with Crippen LogP contribution in [0.4, 0.5) is 0 Å². The van der Waals surface area contributed by atoms with Gasteiger partial charge < -0.3 is 9.84 Å². The van der Waals surface area contributed by atoms with Crippen LogP contribution in [-0.4, -0.2) is 17.2 Å². The van der Waals surface area contributed by atoms with Gasteiger partial charge in [0.05, 0.1) is 6.54 Å². The Morgan fingerprint density at radius 2 is 2.17 bits per heavy atom. The van der Waals surface area contributed by atoms with Gasteiger partial charge in [-0.15, -0.1) is 12.4 Å². The van der Waals surface area contributed by atoms with Crippen LogP contribution in [0.5, 0.6) is 0 Å². The van der Waals surface area contributed by atoms with Crippen LogP contribution in [0.15, 0.2) is 4.52 Å². The summed E-state index contributed by atoms with van der Waals surface area (Å²) in [6.45, 7) is 4.71. The molecule has 70 valence electrons. The molecule has 0 aliphatic carbocycles. The van der Waals surface area contributed by atoms with E-state index in [0.29, 0.717) is 18.4 Å². The van der Waals surface area contributed by atoms with E-state index in [2.05, 4.69) is 15.5 Å². The number of halogens is 1. The van der Waals surface area contributed by atoms with Crippen molar-refractivity contribution in [2.45, 2.75) is 26.3 Å². The Balaban J connectivity index is 0.00000121. The van der Waals surface area contributed by atoms with E-state index in [1.165, 1.54) is 0 Å². The van der Waals surface area contributed by atoms with Gasteiger partial charge >= 0.3 is 0 Å². The van der Waals surface area contributed by atoms with Crippen molar-refractivity contribution < 1.29 is 4.52 Å². The molecular formula is C7H14ClN3O. The van der Waals surface area contributed by atoms with Crippen molar-refractivity contribution in [3.63, 3.8) is 0 Å². The Bertz CT molecular complexity index is 224. The van der Waals surface area contributed by atoms with Crippen LogP contribution in [0.2, 0.25) is 0 Å². The molecule has 0 aromatic carbocycles. The normalized spacial score (nSPS) is 10.0. The molecule has 1 aromatic rings. The van der Waals surface area contributed by atoms with E-state index in [1.54, 1.807) is 0 Å². The van der Waals surface area contributed by atoms with Crippen molar-refractivity contribution in [3.05, 3.63) is 11.7 Å². The van der Waals surface area contributed by atoms with Crippen molar-refractivity contribution in [1.29, 1.82) is 0 Å². The first kappa shape index (κ1) is 11.4. The van der Waals surface area contributed by atoms with E-state index < -0.39 is 0 Å². The molecule has 0 aliphatic rings. The Morgan fingerprint density at radius 1 is 1.50 bits per heavy atom. The molecule has 0 atom stereocenters. The van der Waals surface area contributed by atoms with Gasteiger partial charge in [-0.25, -0.2) is 0 Å². The third-order valence-corrected chi connectivity index (χ3v) is 1.31. The summed E-state index contributed by atoms with van der Waals surface area (Å²) in [7, 11) is 1.85. The number of aromatic nitrogens is 2. The Kier molecular flexibility index (Phi) is 4.85. The molecule has 1 rings (SSSR count). The average molecular weight is 192 g/mol. The SMILES string of the molecule is CNCc1noc(C(C)C)n1.Cl. The van der Waals surface area contributed by atoms with Crippen molar-refractivity contribution >= 4 is 12.4 Å². The first-order valence-electron chi connectivity index (χ1n) is 3.71. The zero-order valence-electron chi connectivity index (χ0n) is 7.50. The van der Waals surface area contributed by atoms with Gasteiger partial charge in [0.2, 0.25) is 5.89 Å². The van der Waals surface area contributed by atoms with E-state index in [9.17, 15) is 0 Å². The summed E-state index contributed by atoms with van der Waals surface area (Å²) in [6.07, 6.45) is 0. The molecule has 0 amide bonds. The predicted octanol–water partition coefficient (Wildman–Crippen LogP) is 1.33. The maximum atomic E-state index is 4.98. The fourth-order valence-electron chi connectivity index (χ4n) is 0.732. The zero-order valence-corrected chi connectivity index (χ0v) is 8.31. The molecular weight excluding hydrogens is 178 g/mol. The summed E-state index contributed by atoms with van der Waals surface area (Å²) in [4.78, 5) is 4.16. The van der Waals surface area contributed by atoms with Crippen LogP contribution in [-0.2, 0) is 6.54 Å². The summed E-state index contributed by atoms with van der Waals surface area (Å²) in [5, 5.41) is 6.73. The maximum Gasteiger partial charge on any atom is 0.229 e. The van der Waals surface area contributed by atoms with E-state index in [4.69, 9.17) is 4.52 Å². The zero-order chi connectivity index (χ0) is 8.27. The molecule has 12 heavy (non-hydrogen) atoms. The highest BCUT2D eigenvalue weighted by Crippen LogP contribution is 2.10. The molecule has 0 bridgehead atoms. The summed E-state index contributed by atoms with van der Waals surface area (Å²) in [5.74, 6) is 1.74. The highest BCUT2D eigenvalue weighted by atomic mass is 35.5. The summed E-state index contributed by atoms with van der Waals surface area (Å²) in [6, 6.07) is 0. The van der Waals surface area contributed by atoms with Gasteiger partial charge in [0, 0.05) is 5.92 Å². The Morgan fingerprint density at radius 3 is 2.58 bits per heavy atom. The molecule has 4 nitrogen and oxygen atoms in total.